The molecule has 0 radical (unpaired) electrons. The van der Waals surface area contributed by atoms with Crippen LogP contribution in [0.15, 0.2) is 30.3 Å². The first-order chi connectivity index (χ1) is 10.1. The Morgan fingerprint density at radius 1 is 1.33 bits per heavy atom. The predicted molar refractivity (Wildman–Crippen MR) is 80.9 cm³/mol. The van der Waals surface area contributed by atoms with Crippen LogP contribution >= 0.6 is 0 Å². The van der Waals surface area contributed by atoms with Crippen molar-refractivity contribution >= 4 is 12.0 Å². The second-order valence-corrected chi connectivity index (χ2v) is 4.67. The van der Waals surface area contributed by atoms with Crippen molar-refractivity contribution < 1.29 is 14.7 Å². The molecule has 2 unspecified atom stereocenters. The maximum absolute atomic E-state index is 11.8. The normalized spacial score (nSPS) is 12.8. The third-order valence-corrected chi connectivity index (χ3v) is 3.16. The van der Waals surface area contributed by atoms with Gasteiger partial charge in [-0.2, -0.15) is 0 Å². The van der Waals surface area contributed by atoms with Gasteiger partial charge in [0.15, 0.2) is 0 Å². The maximum atomic E-state index is 11.8. The molecule has 2 atom stereocenters. The average Bonchev–Trinajstić information content (AvgIpc) is 2.47. The second kappa shape index (κ2) is 8.64. The molecule has 0 bridgehead atoms. The van der Waals surface area contributed by atoms with Gasteiger partial charge in [0.05, 0.1) is 5.92 Å². The van der Waals surface area contributed by atoms with Gasteiger partial charge >= 0.3 is 12.0 Å². The van der Waals surface area contributed by atoms with Crippen molar-refractivity contribution in [3.63, 3.8) is 0 Å². The maximum Gasteiger partial charge on any atom is 0.315 e. The van der Waals surface area contributed by atoms with Crippen LogP contribution in [0.4, 0.5) is 4.79 Å². The lowest BCUT2D eigenvalue weighted by Gasteiger charge is -2.17. The minimum atomic E-state index is -0.975. The zero-order chi connectivity index (χ0) is 15.7. The Hall–Kier alpha value is -2.48. The van der Waals surface area contributed by atoms with Crippen molar-refractivity contribution in [1.29, 1.82) is 0 Å². The summed E-state index contributed by atoms with van der Waals surface area (Å²) in [6, 6.07) is 8.30. The SMILES string of the molecule is C#CCC(CC)NC(=O)NCC(C(=O)O)c1ccccc1. The van der Waals surface area contributed by atoms with Gasteiger partial charge in [-0.15, -0.1) is 12.3 Å². The molecule has 0 aromatic heterocycles. The minimum absolute atomic E-state index is 0.0255. The fourth-order valence-electron chi connectivity index (χ4n) is 1.90. The summed E-state index contributed by atoms with van der Waals surface area (Å²) in [6.45, 7) is 1.95. The van der Waals surface area contributed by atoms with E-state index in [9.17, 15) is 14.7 Å². The highest BCUT2D eigenvalue weighted by atomic mass is 16.4. The molecule has 5 nitrogen and oxygen atoms in total. The van der Waals surface area contributed by atoms with Crippen LogP contribution in [0.2, 0.25) is 0 Å². The van der Waals surface area contributed by atoms with E-state index in [1.54, 1.807) is 24.3 Å². The molecule has 21 heavy (non-hydrogen) atoms. The number of terminal acetylenes is 1. The summed E-state index contributed by atoms with van der Waals surface area (Å²) in [5.74, 6) is 0.748. The summed E-state index contributed by atoms with van der Waals surface area (Å²) in [6.07, 6.45) is 6.39. The van der Waals surface area contributed by atoms with Crippen LogP contribution in [0.1, 0.15) is 31.2 Å². The molecule has 0 saturated carbocycles. The molecule has 1 aromatic carbocycles. The van der Waals surface area contributed by atoms with Crippen LogP contribution in [0.3, 0.4) is 0 Å². The minimum Gasteiger partial charge on any atom is -0.481 e. The van der Waals surface area contributed by atoms with E-state index in [-0.39, 0.29) is 12.6 Å². The molecule has 0 saturated heterocycles. The molecule has 0 fully saturated rings. The van der Waals surface area contributed by atoms with Gasteiger partial charge in [0, 0.05) is 19.0 Å². The predicted octanol–water partition coefficient (Wildman–Crippen LogP) is 1.96. The van der Waals surface area contributed by atoms with E-state index < -0.39 is 17.9 Å². The van der Waals surface area contributed by atoms with Crippen LogP contribution in [0.25, 0.3) is 0 Å². The van der Waals surface area contributed by atoms with Gasteiger partial charge in [0.2, 0.25) is 0 Å². The van der Waals surface area contributed by atoms with Crippen molar-refractivity contribution in [3.05, 3.63) is 35.9 Å². The Bertz CT molecular complexity index is 508. The number of benzene rings is 1. The number of carbonyl (C=O) groups is 2. The number of rotatable bonds is 7. The zero-order valence-electron chi connectivity index (χ0n) is 12.0. The Kier molecular flexibility index (Phi) is 6.82. The van der Waals surface area contributed by atoms with Gasteiger partial charge in [0.1, 0.15) is 0 Å². The van der Waals surface area contributed by atoms with E-state index in [0.29, 0.717) is 12.0 Å². The summed E-state index contributed by atoms with van der Waals surface area (Å²) in [5, 5.41) is 14.6. The number of hydrogen-bond donors (Lipinski definition) is 3. The molecule has 0 aliphatic carbocycles. The Labute approximate surface area is 124 Å². The van der Waals surface area contributed by atoms with E-state index in [4.69, 9.17) is 6.42 Å². The second-order valence-electron chi connectivity index (χ2n) is 4.67. The van der Waals surface area contributed by atoms with Crippen molar-refractivity contribution in [2.24, 2.45) is 0 Å². The molecule has 5 heteroatoms. The van der Waals surface area contributed by atoms with Crippen LogP contribution in [-0.4, -0.2) is 29.7 Å². The molecule has 0 heterocycles. The van der Waals surface area contributed by atoms with Crippen molar-refractivity contribution in [3.8, 4) is 12.3 Å². The Balaban J connectivity index is 2.57. The van der Waals surface area contributed by atoms with E-state index in [1.165, 1.54) is 0 Å². The molecule has 2 amide bonds. The number of carbonyl (C=O) groups excluding carboxylic acids is 1. The number of urea groups is 1. The fraction of sp³-hybridized carbons (Fsp3) is 0.375. The van der Waals surface area contributed by atoms with Crippen LogP contribution < -0.4 is 10.6 Å². The summed E-state index contributed by atoms with van der Waals surface area (Å²) in [4.78, 5) is 23.1. The van der Waals surface area contributed by atoms with Crippen molar-refractivity contribution in [2.75, 3.05) is 6.54 Å². The monoisotopic (exact) mass is 288 g/mol. The van der Waals surface area contributed by atoms with E-state index in [0.717, 1.165) is 6.42 Å². The molecular weight excluding hydrogens is 268 g/mol. The van der Waals surface area contributed by atoms with Crippen LogP contribution in [-0.2, 0) is 4.79 Å². The smallest absolute Gasteiger partial charge is 0.315 e. The van der Waals surface area contributed by atoms with Gasteiger partial charge in [-0.05, 0) is 12.0 Å². The molecule has 0 aliphatic heterocycles. The van der Waals surface area contributed by atoms with Gasteiger partial charge in [-0.1, -0.05) is 37.3 Å². The average molecular weight is 288 g/mol. The fourth-order valence-corrected chi connectivity index (χ4v) is 1.90. The molecule has 3 N–H and O–H groups in total. The topological polar surface area (TPSA) is 78.4 Å². The van der Waals surface area contributed by atoms with E-state index >= 15 is 0 Å². The Morgan fingerprint density at radius 2 is 2.00 bits per heavy atom. The molecule has 1 aromatic rings. The largest absolute Gasteiger partial charge is 0.481 e. The summed E-state index contributed by atoms with van der Waals surface area (Å²) in [5.41, 5.74) is 0.654. The van der Waals surface area contributed by atoms with Gasteiger partial charge in [0.25, 0.3) is 0 Å². The Morgan fingerprint density at radius 3 is 2.52 bits per heavy atom. The number of nitrogens with one attached hydrogen (secondary N) is 2. The first kappa shape index (κ1) is 16.6. The van der Waals surface area contributed by atoms with Gasteiger partial charge in [-0.3, -0.25) is 4.79 Å². The summed E-state index contributed by atoms with van der Waals surface area (Å²) < 4.78 is 0. The highest BCUT2D eigenvalue weighted by Crippen LogP contribution is 2.14. The number of hydrogen-bond acceptors (Lipinski definition) is 2. The lowest BCUT2D eigenvalue weighted by atomic mass is 9.99. The zero-order valence-corrected chi connectivity index (χ0v) is 12.0. The molecule has 112 valence electrons. The lowest BCUT2D eigenvalue weighted by Crippen LogP contribution is -2.43. The third-order valence-electron chi connectivity index (χ3n) is 3.16. The molecular formula is C16H20N2O3. The quantitative estimate of drug-likeness (QED) is 0.671. The number of carboxylic acids is 1. The first-order valence-electron chi connectivity index (χ1n) is 6.84. The first-order valence-corrected chi connectivity index (χ1v) is 6.84. The highest BCUT2D eigenvalue weighted by Gasteiger charge is 2.20. The molecule has 1 rings (SSSR count). The van der Waals surface area contributed by atoms with E-state index in [2.05, 4.69) is 16.6 Å². The van der Waals surface area contributed by atoms with Crippen molar-refractivity contribution in [2.45, 2.75) is 31.7 Å². The standard InChI is InChI=1S/C16H20N2O3/c1-3-8-13(4-2)18-16(21)17-11-14(15(19)20)12-9-6-5-7-10-12/h1,5-7,9-10,13-14H,4,8,11H2,2H3,(H,19,20)(H2,17,18,21). The molecule has 0 aliphatic rings. The number of aliphatic carboxylic acids is 1. The van der Waals surface area contributed by atoms with Crippen LogP contribution in [0, 0.1) is 12.3 Å². The van der Waals surface area contributed by atoms with Gasteiger partial charge in [-0.25, -0.2) is 4.79 Å². The van der Waals surface area contributed by atoms with E-state index in [1.807, 2.05) is 13.0 Å². The number of carboxylic acid groups (broad SMARTS) is 1. The summed E-state index contributed by atoms with van der Waals surface area (Å²) >= 11 is 0. The summed E-state index contributed by atoms with van der Waals surface area (Å²) in [7, 11) is 0. The van der Waals surface area contributed by atoms with Crippen molar-refractivity contribution in [1.82, 2.24) is 10.6 Å². The lowest BCUT2D eigenvalue weighted by molar-refractivity contribution is -0.138. The molecule has 0 spiro atoms. The highest BCUT2D eigenvalue weighted by molar-refractivity contribution is 5.79. The third kappa shape index (κ3) is 5.57. The number of amides is 2. The van der Waals surface area contributed by atoms with Crippen LogP contribution in [0.5, 0.6) is 0 Å². The van der Waals surface area contributed by atoms with Gasteiger partial charge < -0.3 is 15.7 Å².